The number of alkyl halides is 4. The van der Waals surface area contributed by atoms with Crippen molar-refractivity contribution < 1.29 is 32.5 Å². The fraction of sp³-hybridized carbons (Fsp3) is 0.400. The second kappa shape index (κ2) is 6.09. The Kier molecular flexibility index (Phi) is 4.98. The number of hydrogen-bond acceptors (Lipinski definition) is 4. The fourth-order valence-electron chi connectivity index (χ4n) is 1.37. The van der Waals surface area contributed by atoms with E-state index >= 15 is 0 Å². The molecular weight excluding hydrogens is 335 g/mol. The van der Waals surface area contributed by atoms with Crippen molar-refractivity contribution in [2.24, 2.45) is 0 Å². The third-order valence-corrected chi connectivity index (χ3v) is 2.56. The van der Waals surface area contributed by atoms with Crippen LogP contribution in [0.25, 0.3) is 0 Å². The third-order valence-electron chi connectivity index (χ3n) is 2.03. The summed E-state index contributed by atoms with van der Waals surface area (Å²) < 4.78 is 45.7. The monoisotopic (exact) mass is 343 g/mol. The average Bonchev–Trinajstić information content (AvgIpc) is 2.28. The molecule has 0 bridgehead atoms. The van der Waals surface area contributed by atoms with E-state index in [-0.39, 0.29) is 22.3 Å². The number of pyridine rings is 1. The van der Waals surface area contributed by atoms with Crippen molar-refractivity contribution in [2.45, 2.75) is 18.1 Å². The maximum Gasteiger partial charge on any atom is 0.573 e. The van der Waals surface area contributed by atoms with E-state index in [4.69, 9.17) is 9.84 Å². The molecule has 1 heterocycles. The van der Waals surface area contributed by atoms with E-state index in [2.05, 4.69) is 25.7 Å². The second-order valence-corrected chi connectivity index (χ2v) is 3.91. The first-order chi connectivity index (χ1) is 8.78. The zero-order valence-electron chi connectivity index (χ0n) is 9.62. The molecule has 0 amide bonds. The third kappa shape index (κ3) is 4.27. The van der Waals surface area contributed by atoms with Crippen LogP contribution in [0.2, 0.25) is 0 Å². The second-order valence-electron chi connectivity index (χ2n) is 3.34. The number of hydrogen-bond donors (Lipinski definition) is 1. The van der Waals surface area contributed by atoms with Crippen LogP contribution in [0.5, 0.6) is 11.5 Å². The van der Waals surface area contributed by atoms with Crippen LogP contribution in [0.3, 0.4) is 0 Å². The van der Waals surface area contributed by atoms with Crippen LogP contribution in [0, 0.1) is 0 Å². The fourth-order valence-corrected chi connectivity index (χ4v) is 1.77. The Morgan fingerprint density at radius 1 is 1.47 bits per heavy atom. The maximum absolute atomic E-state index is 12.4. The molecule has 0 aliphatic heterocycles. The Hall–Kier alpha value is -1.51. The highest BCUT2D eigenvalue weighted by molar-refractivity contribution is 9.08. The summed E-state index contributed by atoms with van der Waals surface area (Å²) in [4.78, 5) is 14.5. The minimum Gasteiger partial charge on any atom is -0.491 e. The number of carbonyl (C=O) groups is 1. The molecule has 0 atom stereocenters. The number of aromatic nitrogens is 1. The van der Waals surface area contributed by atoms with E-state index in [1.807, 2.05) is 0 Å². The Labute approximate surface area is 114 Å². The van der Waals surface area contributed by atoms with Crippen molar-refractivity contribution in [1.82, 2.24) is 4.98 Å². The van der Waals surface area contributed by atoms with Gasteiger partial charge in [-0.05, 0) is 0 Å². The topological polar surface area (TPSA) is 68.7 Å². The summed E-state index contributed by atoms with van der Waals surface area (Å²) in [5.41, 5.74) is -0.0396. The summed E-state index contributed by atoms with van der Waals surface area (Å²) >= 11 is 3.04. The van der Waals surface area contributed by atoms with Crippen molar-refractivity contribution in [3.8, 4) is 11.5 Å². The summed E-state index contributed by atoms with van der Waals surface area (Å²) in [5, 5.41) is 8.80. The lowest BCUT2D eigenvalue weighted by atomic mass is 10.1. The number of halogens is 4. The Balaban J connectivity index is 3.35. The van der Waals surface area contributed by atoms with Gasteiger partial charge in [0, 0.05) is 17.1 Å². The number of methoxy groups -OCH3 is 1. The molecule has 0 saturated heterocycles. The van der Waals surface area contributed by atoms with Crippen LogP contribution in [0.1, 0.15) is 11.3 Å². The van der Waals surface area contributed by atoms with Crippen LogP contribution in [0.4, 0.5) is 13.2 Å². The SMILES string of the molecule is COc1c(CBr)ncc(CC(=O)O)c1OC(F)(F)F. The van der Waals surface area contributed by atoms with Gasteiger partial charge in [0.05, 0.1) is 19.2 Å². The van der Waals surface area contributed by atoms with Gasteiger partial charge >= 0.3 is 12.3 Å². The molecule has 0 aliphatic rings. The van der Waals surface area contributed by atoms with Gasteiger partial charge in [-0.25, -0.2) is 0 Å². The molecule has 0 spiro atoms. The van der Waals surface area contributed by atoms with Crippen molar-refractivity contribution in [3.05, 3.63) is 17.5 Å². The summed E-state index contributed by atoms with van der Waals surface area (Å²) in [7, 11) is 1.15. The van der Waals surface area contributed by atoms with Crippen molar-refractivity contribution in [3.63, 3.8) is 0 Å². The minimum absolute atomic E-state index is 0.137. The molecule has 9 heteroatoms. The molecular formula is C10H9BrF3NO4. The molecule has 0 aliphatic carbocycles. The number of carboxylic acids is 1. The highest BCUT2D eigenvalue weighted by Crippen LogP contribution is 2.38. The predicted molar refractivity (Wildman–Crippen MR) is 61.4 cm³/mol. The molecule has 0 aromatic carbocycles. The normalized spacial score (nSPS) is 11.2. The van der Waals surface area contributed by atoms with E-state index < -0.39 is 24.5 Å². The predicted octanol–water partition coefficient (Wildman–Crippen LogP) is 2.51. The van der Waals surface area contributed by atoms with Gasteiger partial charge in [-0.3, -0.25) is 9.78 Å². The van der Waals surface area contributed by atoms with Crippen LogP contribution in [-0.2, 0) is 16.5 Å². The van der Waals surface area contributed by atoms with Crippen molar-refractivity contribution in [2.75, 3.05) is 7.11 Å². The summed E-state index contributed by atoms with van der Waals surface area (Å²) in [6.07, 6.45) is -4.59. The smallest absolute Gasteiger partial charge is 0.491 e. The summed E-state index contributed by atoms with van der Waals surface area (Å²) in [5.74, 6) is -2.22. The van der Waals surface area contributed by atoms with Crippen LogP contribution >= 0.6 is 15.9 Å². The van der Waals surface area contributed by atoms with Gasteiger partial charge in [0.15, 0.2) is 11.5 Å². The van der Waals surface area contributed by atoms with Crippen LogP contribution < -0.4 is 9.47 Å². The van der Waals surface area contributed by atoms with E-state index in [1.54, 1.807) is 0 Å². The van der Waals surface area contributed by atoms with Gasteiger partial charge in [-0.15, -0.1) is 13.2 Å². The molecule has 1 aromatic rings. The largest absolute Gasteiger partial charge is 0.573 e. The lowest BCUT2D eigenvalue weighted by molar-refractivity contribution is -0.275. The van der Waals surface area contributed by atoms with Crippen LogP contribution in [0.15, 0.2) is 6.20 Å². The van der Waals surface area contributed by atoms with E-state index in [9.17, 15) is 18.0 Å². The number of carboxylic acid groups (broad SMARTS) is 1. The number of rotatable bonds is 5. The molecule has 1 aromatic heterocycles. The maximum atomic E-state index is 12.4. The lowest BCUT2D eigenvalue weighted by Crippen LogP contribution is -2.20. The molecule has 1 rings (SSSR count). The molecule has 0 fully saturated rings. The highest BCUT2D eigenvalue weighted by Gasteiger charge is 2.35. The van der Waals surface area contributed by atoms with Gasteiger partial charge < -0.3 is 14.6 Å². The molecule has 1 N–H and O–H groups in total. The Morgan fingerprint density at radius 3 is 2.53 bits per heavy atom. The van der Waals surface area contributed by atoms with E-state index in [0.717, 1.165) is 13.3 Å². The molecule has 5 nitrogen and oxygen atoms in total. The zero-order chi connectivity index (χ0) is 14.6. The molecule has 0 saturated carbocycles. The van der Waals surface area contributed by atoms with E-state index in [0.29, 0.717) is 0 Å². The zero-order valence-corrected chi connectivity index (χ0v) is 11.2. The van der Waals surface area contributed by atoms with E-state index in [1.165, 1.54) is 0 Å². The summed E-state index contributed by atoms with van der Waals surface area (Å²) in [6, 6.07) is 0. The lowest BCUT2D eigenvalue weighted by Gasteiger charge is -2.17. The first-order valence-electron chi connectivity index (χ1n) is 4.86. The number of nitrogens with zero attached hydrogens (tertiary/aromatic N) is 1. The number of ether oxygens (including phenoxy) is 2. The Morgan fingerprint density at radius 2 is 2.11 bits per heavy atom. The van der Waals surface area contributed by atoms with Crippen molar-refractivity contribution in [1.29, 1.82) is 0 Å². The van der Waals surface area contributed by atoms with Gasteiger partial charge in [-0.1, -0.05) is 15.9 Å². The quantitative estimate of drug-likeness (QED) is 0.832. The first kappa shape index (κ1) is 15.5. The van der Waals surface area contributed by atoms with Crippen LogP contribution in [-0.4, -0.2) is 29.5 Å². The Bertz CT molecular complexity index is 479. The highest BCUT2D eigenvalue weighted by atomic mass is 79.9. The minimum atomic E-state index is -4.95. The van der Waals surface area contributed by atoms with Gasteiger partial charge in [0.25, 0.3) is 0 Å². The molecule has 19 heavy (non-hydrogen) atoms. The van der Waals surface area contributed by atoms with Gasteiger partial charge in [0.1, 0.15) is 0 Å². The average molecular weight is 344 g/mol. The molecule has 0 unspecified atom stereocenters. The molecule has 0 radical (unpaired) electrons. The molecule has 106 valence electrons. The van der Waals surface area contributed by atoms with Crippen molar-refractivity contribution >= 4 is 21.9 Å². The summed E-state index contributed by atoms with van der Waals surface area (Å²) in [6.45, 7) is 0. The number of aliphatic carboxylic acids is 1. The van der Waals surface area contributed by atoms with Gasteiger partial charge in [0.2, 0.25) is 0 Å². The first-order valence-corrected chi connectivity index (χ1v) is 5.99. The standard InChI is InChI=1S/C10H9BrF3NO4/c1-18-9-6(3-11)15-4-5(2-7(16)17)8(9)19-10(12,13)14/h4H,2-3H2,1H3,(H,16,17). The van der Waals surface area contributed by atoms with Gasteiger partial charge in [-0.2, -0.15) is 0 Å².